The summed E-state index contributed by atoms with van der Waals surface area (Å²) in [5, 5.41) is 0. The summed E-state index contributed by atoms with van der Waals surface area (Å²) in [6.07, 6.45) is 15.1. The van der Waals surface area contributed by atoms with Crippen molar-refractivity contribution in [2.75, 3.05) is 0 Å². The average molecular weight is 162 g/mol. The molecule has 3 unspecified atom stereocenters. The van der Waals surface area contributed by atoms with E-state index in [4.69, 9.17) is 0 Å². The third-order valence-corrected chi connectivity index (χ3v) is 3.25. The van der Waals surface area contributed by atoms with Gasteiger partial charge in [-0.15, -0.1) is 0 Å². The molecule has 0 aromatic rings. The largest absolute Gasteiger partial charge is 0.0885 e. The second-order valence-corrected chi connectivity index (χ2v) is 4.12. The molecule has 3 rings (SSSR count). The van der Waals surface area contributed by atoms with Crippen LogP contribution < -0.4 is 0 Å². The van der Waals surface area contributed by atoms with Crippen LogP contribution in [0.2, 0.25) is 0 Å². The Kier molecular flexibility index (Phi) is 2.34. The Morgan fingerprint density at radius 3 is 2.75 bits per heavy atom. The lowest BCUT2D eigenvalue weighted by molar-refractivity contribution is 0.263. The zero-order chi connectivity index (χ0) is 8.39. The van der Waals surface area contributed by atoms with Crippen molar-refractivity contribution >= 4 is 0 Å². The van der Waals surface area contributed by atoms with Gasteiger partial charge in [-0.3, -0.25) is 0 Å². The van der Waals surface area contributed by atoms with Crippen molar-refractivity contribution in [1.29, 1.82) is 0 Å². The van der Waals surface area contributed by atoms with Gasteiger partial charge >= 0.3 is 0 Å². The molecule has 0 nitrogen and oxygen atoms in total. The third-order valence-electron chi connectivity index (χ3n) is 3.25. The van der Waals surface area contributed by atoms with Crippen molar-refractivity contribution in [3.05, 3.63) is 24.3 Å². The molecule has 0 amide bonds. The second-order valence-electron chi connectivity index (χ2n) is 4.12. The van der Waals surface area contributed by atoms with E-state index in [0.29, 0.717) is 0 Å². The molecule has 0 aromatic carbocycles. The van der Waals surface area contributed by atoms with E-state index in [1.54, 1.807) is 0 Å². The minimum absolute atomic E-state index is 0.869. The summed E-state index contributed by atoms with van der Waals surface area (Å²) in [7, 11) is 0. The normalized spacial score (nSPS) is 39.6. The summed E-state index contributed by atoms with van der Waals surface area (Å²) in [6, 6.07) is 0. The molecule has 0 radical (unpaired) electrons. The first-order chi connectivity index (χ1) is 5.90. The fraction of sp³-hybridized carbons (Fsp3) is 0.667. The van der Waals surface area contributed by atoms with Gasteiger partial charge in [-0.1, -0.05) is 31.2 Å². The molecule has 1 fully saturated rings. The van der Waals surface area contributed by atoms with E-state index in [-0.39, 0.29) is 0 Å². The molecule has 0 spiro atoms. The standard InChI is InChI=1S/C12H18/c1-2-3-4-12-9-10-5-7-11(12)8-6-10/h3-5,7,10-12H,2,6,8-9H2,1H3/b4-3+. The predicted molar refractivity (Wildman–Crippen MR) is 52.9 cm³/mol. The molecule has 3 aliphatic carbocycles. The smallest absolute Gasteiger partial charge is 0.0165 e. The summed E-state index contributed by atoms with van der Waals surface area (Å²) in [5.41, 5.74) is 0. The molecule has 66 valence electrons. The zero-order valence-corrected chi connectivity index (χ0v) is 7.87. The lowest BCUT2D eigenvalue weighted by atomic mass is 9.69. The van der Waals surface area contributed by atoms with Crippen LogP contribution in [0.3, 0.4) is 0 Å². The fourth-order valence-electron chi connectivity index (χ4n) is 2.51. The van der Waals surface area contributed by atoms with Gasteiger partial charge in [-0.25, -0.2) is 0 Å². The van der Waals surface area contributed by atoms with E-state index in [1.807, 2.05) is 0 Å². The maximum absolute atomic E-state index is 2.45. The van der Waals surface area contributed by atoms with Gasteiger partial charge < -0.3 is 0 Å². The Morgan fingerprint density at radius 1 is 1.33 bits per heavy atom. The van der Waals surface area contributed by atoms with Crippen LogP contribution in [0.15, 0.2) is 24.3 Å². The van der Waals surface area contributed by atoms with Gasteiger partial charge in [-0.05, 0) is 43.4 Å². The number of fused-ring (bicyclic) bond motifs is 2. The minimum Gasteiger partial charge on any atom is -0.0885 e. The molecule has 0 saturated heterocycles. The van der Waals surface area contributed by atoms with Crippen molar-refractivity contribution in [3.8, 4) is 0 Å². The van der Waals surface area contributed by atoms with Crippen molar-refractivity contribution in [1.82, 2.24) is 0 Å². The van der Waals surface area contributed by atoms with Gasteiger partial charge in [0.1, 0.15) is 0 Å². The van der Waals surface area contributed by atoms with Gasteiger partial charge in [0.2, 0.25) is 0 Å². The summed E-state index contributed by atoms with van der Waals surface area (Å²) >= 11 is 0. The molecule has 3 aliphatic rings. The fourth-order valence-corrected chi connectivity index (χ4v) is 2.51. The lowest BCUT2D eigenvalue weighted by Gasteiger charge is -2.36. The molecule has 0 aliphatic heterocycles. The Balaban J connectivity index is 2.01. The molecule has 2 bridgehead atoms. The van der Waals surface area contributed by atoms with E-state index in [2.05, 4.69) is 31.2 Å². The predicted octanol–water partition coefficient (Wildman–Crippen LogP) is 3.55. The SMILES string of the molecule is CC/C=C/C1CC2C=CC1CC2. The lowest BCUT2D eigenvalue weighted by Crippen LogP contribution is -2.25. The first kappa shape index (κ1) is 8.10. The van der Waals surface area contributed by atoms with Crippen LogP contribution in [-0.4, -0.2) is 0 Å². The molecule has 0 heteroatoms. The van der Waals surface area contributed by atoms with Gasteiger partial charge in [0, 0.05) is 0 Å². The minimum atomic E-state index is 0.869. The van der Waals surface area contributed by atoms with Crippen LogP contribution in [0.4, 0.5) is 0 Å². The summed E-state index contributed by atoms with van der Waals surface area (Å²) in [6.45, 7) is 2.22. The highest BCUT2D eigenvalue weighted by atomic mass is 14.3. The molecule has 0 N–H and O–H groups in total. The van der Waals surface area contributed by atoms with Crippen molar-refractivity contribution in [2.45, 2.75) is 32.6 Å². The van der Waals surface area contributed by atoms with Crippen molar-refractivity contribution < 1.29 is 0 Å². The van der Waals surface area contributed by atoms with Crippen LogP contribution in [0.25, 0.3) is 0 Å². The monoisotopic (exact) mass is 162 g/mol. The van der Waals surface area contributed by atoms with E-state index >= 15 is 0 Å². The van der Waals surface area contributed by atoms with Crippen LogP contribution in [0.5, 0.6) is 0 Å². The maximum Gasteiger partial charge on any atom is -0.0165 e. The number of hydrogen-bond acceptors (Lipinski definition) is 0. The van der Waals surface area contributed by atoms with Crippen LogP contribution in [-0.2, 0) is 0 Å². The quantitative estimate of drug-likeness (QED) is 0.545. The van der Waals surface area contributed by atoms with E-state index in [0.717, 1.165) is 17.8 Å². The molecule has 1 saturated carbocycles. The second kappa shape index (κ2) is 3.47. The van der Waals surface area contributed by atoms with Gasteiger partial charge in [0.25, 0.3) is 0 Å². The Bertz CT molecular complexity index is 200. The molecule has 3 atom stereocenters. The number of hydrogen-bond donors (Lipinski definition) is 0. The average Bonchev–Trinajstić information content (AvgIpc) is 2.17. The summed E-state index contributed by atoms with van der Waals surface area (Å²) in [4.78, 5) is 0. The highest BCUT2D eigenvalue weighted by Crippen LogP contribution is 2.40. The molecule has 0 heterocycles. The maximum atomic E-state index is 2.45. The number of allylic oxidation sites excluding steroid dienone is 4. The first-order valence-electron chi connectivity index (χ1n) is 5.25. The van der Waals surface area contributed by atoms with Crippen molar-refractivity contribution in [2.24, 2.45) is 17.8 Å². The van der Waals surface area contributed by atoms with E-state index in [9.17, 15) is 0 Å². The molecule has 12 heavy (non-hydrogen) atoms. The Morgan fingerprint density at radius 2 is 2.25 bits per heavy atom. The molecule has 0 aromatic heterocycles. The van der Waals surface area contributed by atoms with E-state index < -0.39 is 0 Å². The highest BCUT2D eigenvalue weighted by molar-refractivity contribution is 5.10. The molecular weight excluding hydrogens is 144 g/mol. The van der Waals surface area contributed by atoms with Gasteiger partial charge in [0.05, 0.1) is 0 Å². The summed E-state index contributed by atoms with van der Waals surface area (Å²) < 4.78 is 0. The van der Waals surface area contributed by atoms with Crippen LogP contribution in [0, 0.1) is 17.8 Å². The Hall–Kier alpha value is -0.520. The highest BCUT2D eigenvalue weighted by Gasteiger charge is 2.29. The topological polar surface area (TPSA) is 0 Å². The molecular formula is C12H18. The Labute approximate surface area is 75.4 Å². The van der Waals surface area contributed by atoms with Gasteiger partial charge in [0.15, 0.2) is 0 Å². The first-order valence-corrected chi connectivity index (χ1v) is 5.25. The van der Waals surface area contributed by atoms with Crippen molar-refractivity contribution in [3.63, 3.8) is 0 Å². The number of rotatable bonds is 2. The van der Waals surface area contributed by atoms with Gasteiger partial charge in [-0.2, -0.15) is 0 Å². The zero-order valence-electron chi connectivity index (χ0n) is 7.87. The summed E-state index contributed by atoms with van der Waals surface area (Å²) in [5.74, 6) is 2.65. The van der Waals surface area contributed by atoms with E-state index in [1.165, 1.54) is 25.7 Å². The third kappa shape index (κ3) is 1.48. The van der Waals surface area contributed by atoms with Crippen LogP contribution >= 0.6 is 0 Å². The van der Waals surface area contributed by atoms with Crippen LogP contribution in [0.1, 0.15) is 32.6 Å².